The summed E-state index contributed by atoms with van der Waals surface area (Å²) in [5.74, 6) is 1.25. The Morgan fingerprint density at radius 1 is 1.29 bits per heavy atom. The number of halogens is 1. The van der Waals surface area contributed by atoms with Crippen molar-refractivity contribution in [1.29, 1.82) is 0 Å². The number of methoxy groups -OCH3 is 2. The summed E-state index contributed by atoms with van der Waals surface area (Å²) in [5.41, 5.74) is 0.787. The molecule has 1 aromatic carbocycles. The second-order valence-corrected chi connectivity index (χ2v) is 3.77. The predicted octanol–water partition coefficient (Wildman–Crippen LogP) is 2.52. The lowest BCUT2D eigenvalue weighted by molar-refractivity contribution is 0.198. The van der Waals surface area contributed by atoms with E-state index < -0.39 is 6.10 Å². The van der Waals surface area contributed by atoms with E-state index in [1.54, 1.807) is 27.2 Å². The maximum absolute atomic E-state index is 9.41. The first-order chi connectivity index (χ1) is 6.60. The second kappa shape index (κ2) is 4.66. The van der Waals surface area contributed by atoms with E-state index in [0.717, 1.165) is 10.0 Å². The topological polar surface area (TPSA) is 38.7 Å². The maximum Gasteiger partial charge on any atom is 0.174 e. The molecule has 0 heterocycles. The molecule has 0 aliphatic heterocycles. The zero-order chi connectivity index (χ0) is 10.7. The van der Waals surface area contributed by atoms with Crippen molar-refractivity contribution < 1.29 is 14.6 Å². The second-order valence-electron chi connectivity index (χ2n) is 2.91. The van der Waals surface area contributed by atoms with Gasteiger partial charge in [-0.05, 0) is 40.5 Å². The molecular weight excluding hydrogens is 248 g/mol. The summed E-state index contributed by atoms with van der Waals surface area (Å²) >= 11 is 3.35. The van der Waals surface area contributed by atoms with E-state index in [-0.39, 0.29) is 0 Å². The van der Waals surface area contributed by atoms with Crippen LogP contribution in [0.4, 0.5) is 0 Å². The van der Waals surface area contributed by atoms with Crippen molar-refractivity contribution in [1.82, 2.24) is 0 Å². The van der Waals surface area contributed by atoms with Gasteiger partial charge >= 0.3 is 0 Å². The lowest BCUT2D eigenvalue weighted by Crippen LogP contribution is -1.96. The van der Waals surface area contributed by atoms with Crippen molar-refractivity contribution in [2.24, 2.45) is 0 Å². The first-order valence-corrected chi connectivity index (χ1v) is 4.99. The molecule has 0 aliphatic carbocycles. The van der Waals surface area contributed by atoms with Crippen LogP contribution >= 0.6 is 15.9 Å². The number of aliphatic hydroxyl groups excluding tert-OH is 1. The van der Waals surface area contributed by atoms with Gasteiger partial charge in [0.15, 0.2) is 11.5 Å². The molecule has 1 N–H and O–H groups in total. The van der Waals surface area contributed by atoms with Gasteiger partial charge in [0.1, 0.15) is 0 Å². The van der Waals surface area contributed by atoms with E-state index in [0.29, 0.717) is 11.5 Å². The molecule has 0 aliphatic rings. The van der Waals surface area contributed by atoms with Crippen LogP contribution in [0, 0.1) is 0 Å². The summed E-state index contributed by atoms with van der Waals surface area (Å²) in [4.78, 5) is 0. The summed E-state index contributed by atoms with van der Waals surface area (Å²) in [5, 5.41) is 9.41. The van der Waals surface area contributed by atoms with Crippen LogP contribution in [0.5, 0.6) is 11.5 Å². The van der Waals surface area contributed by atoms with E-state index in [9.17, 15) is 5.11 Å². The monoisotopic (exact) mass is 260 g/mol. The fraction of sp³-hybridized carbons (Fsp3) is 0.400. The molecule has 0 spiro atoms. The van der Waals surface area contributed by atoms with Crippen molar-refractivity contribution in [3.63, 3.8) is 0 Å². The van der Waals surface area contributed by atoms with Crippen molar-refractivity contribution in [3.05, 3.63) is 22.2 Å². The summed E-state index contributed by atoms with van der Waals surface area (Å²) in [6.07, 6.45) is -0.522. The van der Waals surface area contributed by atoms with Gasteiger partial charge in [0.2, 0.25) is 0 Å². The number of ether oxygens (including phenoxy) is 2. The third kappa shape index (κ3) is 2.19. The molecular formula is C10H13BrO3. The van der Waals surface area contributed by atoms with Gasteiger partial charge in [0.25, 0.3) is 0 Å². The van der Waals surface area contributed by atoms with Crippen LogP contribution in [0.1, 0.15) is 18.6 Å². The Morgan fingerprint density at radius 3 is 2.36 bits per heavy atom. The molecule has 14 heavy (non-hydrogen) atoms. The van der Waals surface area contributed by atoms with Crippen LogP contribution in [-0.4, -0.2) is 19.3 Å². The standard InChI is InChI=1S/C10H13BrO3/c1-6(12)7-4-8(11)10(14-3)9(5-7)13-2/h4-6,12H,1-3H3. The van der Waals surface area contributed by atoms with E-state index in [1.165, 1.54) is 0 Å². The smallest absolute Gasteiger partial charge is 0.174 e. The maximum atomic E-state index is 9.41. The lowest BCUT2D eigenvalue weighted by atomic mass is 10.1. The Balaban J connectivity index is 3.24. The molecule has 1 aromatic rings. The van der Waals surface area contributed by atoms with Crippen molar-refractivity contribution in [2.75, 3.05) is 14.2 Å². The van der Waals surface area contributed by atoms with Crippen molar-refractivity contribution >= 4 is 15.9 Å². The Labute approximate surface area is 91.8 Å². The molecule has 0 amide bonds. The number of hydrogen-bond acceptors (Lipinski definition) is 3. The molecule has 0 bridgehead atoms. The SMILES string of the molecule is COc1cc(C(C)O)cc(Br)c1OC. The highest BCUT2D eigenvalue weighted by molar-refractivity contribution is 9.10. The van der Waals surface area contributed by atoms with Crippen LogP contribution < -0.4 is 9.47 Å². The van der Waals surface area contributed by atoms with Crippen LogP contribution in [0.15, 0.2) is 16.6 Å². The highest BCUT2D eigenvalue weighted by Crippen LogP contribution is 2.37. The summed E-state index contributed by atoms with van der Waals surface area (Å²) < 4.78 is 11.1. The minimum atomic E-state index is -0.522. The lowest BCUT2D eigenvalue weighted by Gasteiger charge is -2.13. The fourth-order valence-electron chi connectivity index (χ4n) is 1.18. The average Bonchev–Trinajstić information content (AvgIpc) is 2.16. The third-order valence-electron chi connectivity index (χ3n) is 1.94. The fourth-order valence-corrected chi connectivity index (χ4v) is 1.80. The minimum Gasteiger partial charge on any atom is -0.493 e. The van der Waals surface area contributed by atoms with E-state index in [1.807, 2.05) is 6.07 Å². The van der Waals surface area contributed by atoms with Crippen molar-refractivity contribution in [2.45, 2.75) is 13.0 Å². The normalized spacial score (nSPS) is 12.4. The Bertz CT molecular complexity index is 323. The molecule has 78 valence electrons. The van der Waals surface area contributed by atoms with E-state index in [4.69, 9.17) is 9.47 Å². The Morgan fingerprint density at radius 2 is 1.93 bits per heavy atom. The van der Waals surface area contributed by atoms with Crippen LogP contribution in [0.2, 0.25) is 0 Å². The van der Waals surface area contributed by atoms with Gasteiger partial charge in [-0.2, -0.15) is 0 Å². The van der Waals surface area contributed by atoms with Gasteiger partial charge in [-0.3, -0.25) is 0 Å². The van der Waals surface area contributed by atoms with Crippen molar-refractivity contribution in [3.8, 4) is 11.5 Å². The Hall–Kier alpha value is -0.740. The van der Waals surface area contributed by atoms with Gasteiger partial charge in [-0.1, -0.05) is 0 Å². The summed E-state index contributed by atoms with van der Waals surface area (Å²) in [6, 6.07) is 3.57. The molecule has 0 fully saturated rings. The van der Waals surface area contributed by atoms with E-state index in [2.05, 4.69) is 15.9 Å². The largest absolute Gasteiger partial charge is 0.493 e. The minimum absolute atomic E-state index is 0.522. The van der Waals surface area contributed by atoms with Crippen LogP contribution in [-0.2, 0) is 0 Å². The van der Waals surface area contributed by atoms with Gasteiger partial charge in [-0.25, -0.2) is 0 Å². The van der Waals surface area contributed by atoms with Gasteiger partial charge in [-0.15, -0.1) is 0 Å². The first kappa shape index (κ1) is 11.3. The predicted molar refractivity (Wildman–Crippen MR) is 57.9 cm³/mol. The molecule has 3 nitrogen and oxygen atoms in total. The number of hydrogen-bond donors (Lipinski definition) is 1. The zero-order valence-electron chi connectivity index (χ0n) is 8.37. The highest BCUT2D eigenvalue weighted by Gasteiger charge is 2.12. The zero-order valence-corrected chi connectivity index (χ0v) is 9.96. The summed E-state index contributed by atoms with van der Waals surface area (Å²) in [7, 11) is 3.14. The molecule has 0 radical (unpaired) electrons. The molecule has 0 aromatic heterocycles. The van der Waals surface area contributed by atoms with Gasteiger partial charge < -0.3 is 14.6 Å². The van der Waals surface area contributed by atoms with Crippen LogP contribution in [0.3, 0.4) is 0 Å². The first-order valence-electron chi connectivity index (χ1n) is 4.19. The summed E-state index contributed by atoms with van der Waals surface area (Å²) in [6.45, 7) is 1.70. The number of benzene rings is 1. The van der Waals surface area contributed by atoms with Gasteiger partial charge in [0.05, 0.1) is 24.8 Å². The third-order valence-corrected chi connectivity index (χ3v) is 2.53. The van der Waals surface area contributed by atoms with Crippen LogP contribution in [0.25, 0.3) is 0 Å². The molecule has 1 rings (SSSR count). The number of rotatable bonds is 3. The average molecular weight is 261 g/mol. The molecule has 1 unspecified atom stereocenters. The molecule has 1 atom stereocenters. The van der Waals surface area contributed by atoms with E-state index >= 15 is 0 Å². The Kier molecular flexibility index (Phi) is 3.77. The number of aliphatic hydroxyl groups is 1. The molecule has 0 saturated carbocycles. The molecule has 4 heteroatoms. The van der Waals surface area contributed by atoms with Gasteiger partial charge in [0, 0.05) is 0 Å². The molecule has 0 saturated heterocycles. The quantitative estimate of drug-likeness (QED) is 0.908. The highest BCUT2D eigenvalue weighted by atomic mass is 79.9.